The van der Waals surface area contributed by atoms with Crippen LogP contribution in [0.5, 0.6) is 0 Å². The summed E-state index contributed by atoms with van der Waals surface area (Å²) in [6.45, 7) is 0. The third kappa shape index (κ3) is 1.26. The lowest BCUT2D eigenvalue weighted by Crippen LogP contribution is -1.91. The van der Waals surface area contributed by atoms with E-state index in [9.17, 15) is 0 Å². The molecule has 42 valence electrons. The van der Waals surface area contributed by atoms with Crippen LogP contribution in [0.2, 0.25) is 0 Å². The standard InChI is InChI=1S/C5H7N2P/c6-7-5-3-1-2-4-8-5/h2,4,8H,1,3H2. The predicted octanol–water partition coefficient (Wildman–Crippen LogP) is 1.60. The van der Waals surface area contributed by atoms with Crippen molar-refractivity contribution in [1.82, 2.24) is 0 Å². The highest BCUT2D eigenvalue weighted by molar-refractivity contribution is 7.60. The molecule has 0 aromatic heterocycles. The molecule has 0 saturated heterocycles. The van der Waals surface area contributed by atoms with Gasteiger partial charge in [-0.15, -0.1) is 0 Å². The Kier molecular flexibility index (Phi) is 1.96. The summed E-state index contributed by atoms with van der Waals surface area (Å²) in [5.74, 6) is 2.05. The second kappa shape index (κ2) is 2.76. The fourth-order valence-corrected chi connectivity index (χ4v) is 1.43. The Bertz CT molecular complexity index is 156. The average molecular weight is 126 g/mol. The molecule has 0 fully saturated rings. The molecule has 0 spiro atoms. The summed E-state index contributed by atoms with van der Waals surface area (Å²) in [4.78, 5) is 3.13. The third-order valence-corrected chi connectivity index (χ3v) is 2.12. The Morgan fingerprint density at radius 1 is 1.75 bits per heavy atom. The fraction of sp³-hybridized carbons (Fsp3) is 0.400. The van der Waals surface area contributed by atoms with Gasteiger partial charge in [-0.2, -0.15) is 4.79 Å². The number of nitrogens with zero attached hydrogens (tertiary/aromatic N) is 2. The Morgan fingerprint density at radius 2 is 2.62 bits per heavy atom. The SMILES string of the molecule is [N-]=[N+]=C1CCC=CP1. The lowest BCUT2D eigenvalue weighted by Gasteiger charge is -1.94. The van der Waals surface area contributed by atoms with Crippen LogP contribution in [0.25, 0.3) is 5.53 Å². The molecule has 0 aromatic rings. The molecule has 1 aliphatic rings. The highest BCUT2D eigenvalue weighted by atomic mass is 31.1. The van der Waals surface area contributed by atoms with E-state index in [1.165, 1.54) is 0 Å². The lowest BCUT2D eigenvalue weighted by molar-refractivity contribution is -0.00262. The third-order valence-electron chi connectivity index (χ3n) is 1.04. The first-order valence-electron chi connectivity index (χ1n) is 2.56. The van der Waals surface area contributed by atoms with Crippen molar-refractivity contribution < 1.29 is 4.79 Å². The van der Waals surface area contributed by atoms with Gasteiger partial charge in [-0.25, -0.2) is 0 Å². The number of hydrogen-bond donors (Lipinski definition) is 0. The van der Waals surface area contributed by atoms with E-state index in [0.29, 0.717) is 8.58 Å². The zero-order chi connectivity index (χ0) is 5.82. The minimum atomic E-state index is 0.612. The highest BCUT2D eigenvalue weighted by Crippen LogP contribution is 2.21. The maximum atomic E-state index is 8.25. The molecule has 0 aromatic carbocycles. The fourth-order valence-electron chi connectivity index (χ4n) is 0.610. The van der Waals surface area contributed by atoms with Crippen LogP contribution < -0.4 is 0 Å². The summed E-state index contributed by atoms with van der Waals surface area (Å²) in [5, 5.41) is 0. The van der Waals surface area contributed by atoms with E-state index in [1.807, 2.05) is 0 Å². The quantitative estimate of drug-likeness (QED) is 0.268. The highest BCUT2D eigenvalue weighted by Gasteiger charge is 2.06. The van der Waals surface area contributed by atoms with Gasteiger partial charge in [0.15, 0.2) is 0 Å². The summed E-state index contributed by atoms with van der Waals surface area (Å²) in [6, 6.07) is 0. The zero-order valence-corrected chi connectivity index (χ0v) is 5.46. The van der Waals surface area contributed by atoms with Crippen LogP contribution in [0.3, 0.4) is 0 Å². The first kappa shape index (κ1) is 5.68. The average Bonchev–Trinajstić information content (AvgIpc) is 1.90. The van der Waals surface area contributed by atoms with Crippen molar-refractivity contribution in [3.05, 3.63) is 17.4 Å². The molecule has 0 N–H and O–H groups in total. The van der Waals surface area contributed by atoms with Crippen molar-refractivity contribution in [2.75, 3.05) is 0 Å². The molecule has 1 unspecified atom stereocenters. The lowest BCUT2D eigenvalue weighted by atomic mass is 10.3. The molecular formula is C5H7N2P. The number of allylic oxidation sites excluding steroid dienone is 1. The molecule has 0 radical (unpaired) electrons. The van der Waals surface area contributed by atoms with Crippen LogP contribution in [0.15, 0.2) is 11.9 Å². The van der Waals surface area contributed by atoms with Gasteiger partial charge < -0.3 is 5.53 Å². The van der Waals surface area contributed by atoms with Gasteiger partial charge in [0.05, 0.1) is 6.42 Å². The topological polar surface area (TPSA) is 36.4 Å². The summed E-state index contributed by atoms with van der Waals surface area (Å²) < 4.78 is 0. The second-order valence-electron chi connectivity index (χ2n) is 1.63. The van der Waals surface area contributed by atoms with Crippen LogP contribution in [0.1, 0.15) is 12.8 Å². The Hall–Kier alpha value is -0.450. The molecule has 1 atom stereocenters. The van der Waals surface area contributed by atoms with Gasteiger partial charge in [-0.1, -0.05) is 11.9 Å². The van der Waals surface area contributed by atoms with E-state index >= 15 is 0 Å². The maximum Gasteiger partial charge on any atom is 0.288 e. The molecule has 0 amide bonds. The van der Waals surface area contributed by atoms with Gasteiger partial charge in [0.1, 0.15) is 0 Å². The van der Waals surface area contributed by atoms with Gasteiger partial charge in [0.25, 0.3) is 5.45 Å². The van der Waals surface area contributed by atoms with E-state index in [1.54, 1.807) is 0 Å². The number of hydrogen-bond acceptors (Lipinski definition) is 0. The molecule has 0 saturated carbocycles. The summed E-state index contributed by atoms with van der Waals surface area (Å²) in [6.07, 6.45) is 4.09. The smallest absolute Gasteiger partial charge is 0.288 e. The van der Waals surface area contributed by atoms with Gasteiger partial charge >= 0.3 is 0 Å². The molecule has 1 rings (SSSR count). The van der Waals surface area contributed by atoms with Crippen LogP contribution >= 0.6 is 8.58 Å². The maximum absolute atomic E-state index is 8.25. The van der Waals surface area contributed by atoms with Crippen molar-refractivity contribution in [3.63, 3.8) is 0 Å². The number of rotatable bonds is 0. The monoisotopic (exact) mass is 126 g/mol. The Morgan fingerprint density at radius 3 is 3.00 bits per heavy atom. The molecule has 2 nitrogen and oxygen atoms in total. The van der Waals surface area contributed by atoms with Crippen LogP contribution in [0, 0.1) is 0 Å². The van der Waals surface area contributed by atoms with E-state index in [0.717, 1.165) is 18.3 Å². The van der Waals surface area contributed by atoms with Crippen molar-refractivity contribution in [1.29, 1.82) is 0 Å². The van der Waals surface area contributed by atoms with E-state index < -0.39 is 0 Å². The molecule has 8 heavy (non-hydrogen) atoms. The summed E-state index contributed by atoms with van der Waals surface area (Å²) in [5.41, 5.74) is 9.18. The normalized spacial score (nSPS) is 21.2. The zero-order valence-electron chi connectivity index (χ0n) is 4.46. The molecule has 1 aliphatic heterocycles. The molecule has 3 heteroatoms. The van der Waals surface area contributed by atoms with Crippen molar-refractivity contribution >= 4 is 14.0 Å². The molecule has 0 aliphatic carbocycles. The Labute approximate surface area is 50.0 Å². The van der Waals surface area contributed by atoms with Crippen molar-refractivity contribution in [2.24, 2.45) is 0 Å². The van der Waals surface area contributed by atoms with Crippen LogP contribution in [0.4, 0.5) is 0 Å². The summed E-state index contributed by atoms with van der Waals surface area (Å²) in [7, 11) is 0.612. The first-order valence-corrected chi connectivity index (χ1v) is 3.63. The van der Waals surface area contributed by atoms with E-state index in [-0.39, 0.29) is 0 Å². The Balaban J connectivity index is 2.63. The van der Waals surface area contributed by atoms with Gasteiger partial charge in [-0.3, -0.25) is 0 Å². The second-order valence-corrected chi connectivity index (χ2v) is 2.83. The van der Waals surface area contributed by atoms with Crippen molar-refractivity contribution in [3.8, 4) is 0 Å². The van der Waals surface area contributed by atoms with Crippen LogP contribution in [-0.2, 0) is 0 Å². The van der Waals surface area contributed by atoms with Gasteiger partial charge in [0, 0.05) is 8.58 Å². The molecule has 1 heterocycles. The largest absolute Gasteiger partial charge is 0.361 e. The van der Waals surface area contributed by atoms with Gasteiger partial charge in [0.2, 0.25) is 0 Å². The minimum Gasteiger partial charge on any atom is -0.361 e. The van der Waals surface area contributed by atoms with Gasteiger partial charge in [-0.05, 0) is 6.42 Å². The minimum absolute atomic E-state index is 0.612. The van der Waals surface area contributed by atoms with Crippen LogP contribution in [-0.4, -0.2) is 10.2 Å². The first-order chi connectivity index (χ1) is 3.93. The van der Waals surface area contributed by atoms with E-state index in [2.05, 4.69) is 16.7 Å². The predicted molar refractivity (Wildman–Crippen MR) is 35.3 cm³/mol. The van der Waals surface area contributed by atoms with E-state index in [4.69, 9.17) is 5.53 Å². The summed E-state index contributed by atoms with van der Waals surface area (Å²) >= 11 is 0. The molecule has 0 bridgehead atoms. The molecular weight excluding hydrogens is 119 g/mol. The van der Waals surface area contributed by atoms with Crippen molar-refractivity contribution in [2.45, 2.75) is 12.8 Å².